The van der Waals surface area contributed by atoms with Gasteiger partial charge in [0.15, 0.2) is 0 Å². The summed E-state index contributed by atoms with van der Waals surface area (Å²) in [6.45, 7) is 4.78. The van der Waals surface area contributed by atoms with Crippen LogP contribution in [0.5, 0.6) is 0 Å². The zero-order valence-corrected chi connectivity index (χ0v) is 9.64. The van der Waals surface area contributed by atoms with E-state index in [4.69, 9.17) is 0 Å². The second-order valence-corrected chi connectivity index (χ2v) is 3.99. The van der Waals surface area contributed by atoms with Gasteiger partial charge in [-0.3, -0.25) is 4.79 Å². The van der Waals surface area contributed by atoms with Crippen molar-refractivity contribution in [3.8, 4) is 0 Å². The number of carboxylic acids is 1. The Morgan fingerprint density at radius 3 is 2.47 bits per heavy atom. The fourth-order valence-electron chi connectivity index (χ4n) is 1.50. The van der Waals surface area contributed by atoms with Crippen LogP contribution in [0.25, 0.3) is 0 Å². The number of nitrogens with one attached hydrogen (secondary N) is 1. The largest absolute Gasteiger partial charge is 0.480 e. The summed E-state index contributed by atoms with van der Waals surface area (Å²) in [4.78, 5) is 22.5. The predicted molar refractivity (Wildman–Crippen MR) is 64.5 cm³/mol. The van der Waals surface area contributed by atoms with Gasteiger partial charge in [0.2, 0.25) is 5.91 Å². The van der Waals surface area contributed by atoms with Crippen LogP contribution in [-0.4, -0.2) is 22.5 Å². The molecule has 1 amide bonds. The van der Waals surface area contributed by atoms with Crippen LogP contribution in [0.15, 0.2) is 43.0 Å². The quantitative estimate of drug-likeness (QED) is 0.755. The summed E-state index contributed by atoms with van der Waals surface area (Å²) in [7, 11) is 0. The van der Waals surface area contributed by atoms with Crippen molar-refractivity contribution in [3.05, 3.63) is 48.6 Å². The van der Waals surface area contributed by atoms with E-state index in [1.807, 2.05) is 30.3 Å². The van der Waals surface area contributed by atoms with Gasteiger partial charge in [0, 0.05) is 6.42 Å². The number of amides is 1. The normalized spacial score (nSPS) is 13.5. The molecule has 0 aliphatic heterocycles. The summed E-state index contributed by atoms with van der Waals surface area (Å²) < 4.78 is 0. The highest BCUT2D eigenvalue weighted by atomic mass is 16.4. The molecule has 90 valence electrons. The van der Waals surface area contributed by atoms with E-state index < -0.39 is 17.4 Å². The highest BCUT2D eigenvalue weighted by Crippen LogP contribution is 2.13. The maximum absolute atomic E-state index is 11.2. The zero-order chi connectivity index (χ0) is 12.9. The van der Waals surface area contributed by atoms with Crippen molar-refractivity contribution >= 4 is 11.9 Å². The Kier molecular flexibility index (Phi) is 4.04. The molecule has 0 fully saturated rings. The Morgan fingerprint density at radius 1 is 1.41 bits per heavy atom. The van der Waals surface area contributed by atoms with Gasteiger partial charge in [0.25, 0.3) is 0 Å². The van der Waals surface area contributed by atoms with Crippen LogP contribution < -0.4 is 5.32 Å². The summed E-state index contributed by atoms with van der Waals surface area (Å²) in [5.74, 6) is -1.57. The molecular formula is C13H15NO3. The lowest BCUT2D eigenvalue weighted by atomic mass is 9.93. The van der Waals surface area contributed by atoms with Crippen LogP contribution in [0.2, 0.25) is 0 Å². The molecular weight excluding hydrogens is 218 g/mol. The molecule has 0 aliphatic carbocycles. The molecule has 0 bridgehead atoms. The minimum absolute atomic E-state index is 0.225. The molecule has 0 saturated carbocycles. The summed E-state index contributed by atoms with van der Waals surface area (Å²) in [6, 6.07) is 9.15. The summed E-state index contributed by atoms with van der Waals surface area (Å²) >= 11 is 0. The van der Waals surface area contributed by atoms with Crippen molar-refractivity contribution in [2.45, 2.75) is 18.9 Å². The van der Waals surface area contributed by atoms with Crippen molar-refractivity contribution in [2.75, 3.05) is 0 Å². The van der Waals surface area contributed by atoms with Crippen LogP contribution in [0.4, 0.5) is 0 Å². The summed E-state index contributed by atoms with van der Waals surface area (Å²) in [6.07, 6.45) is 1.29. The molecule has 4 nitrogen and oxygen atoms in total. The van der Waals surface area contributed by atoms with Crippen molar-refractivity contribution in [2.24, 2.45) is 0 Å². The Morgan fingerprint density at radius 2 is 2.00 bits per heavy atom. The standard InChI is InChI=1S/C13H15NO3/c1-3-11(15)14-13(2,12(16)17)9-10-7-5-4-6-8-10/h3-8H,1,9H2,2H3,(H,14,15)(H,16,17)/t13-/m0/s1. The number of carboxylic acid groups (broad SMARTS) is 1. The van der Waals surface area contributed by atoms with Gasteiger partial charge in [-0.15, -0.1) is 0 Å². The van der Waals surface area contributed by atoms with Gasteiger partial charge in [-0.1, -0.05) is 36.9 Å². The number of hydrogen-bond acceptors (Lipinski definition) is 2. The molecule has 1 atom stereocenters. The highest BCUT2D eigenvalue weighted by molar-refractivity contribution is 5.92. The van der Waals surface area contributed by atoms with E-state index in [0.29, 0.717) is 0 Å². The summed E-state index contributed by atoms with van der Waals surface area (Å²) in [5, 5.41) is 11.6. The predicted octanol–water partition coefficient (Wildman–Crippen LogP) is 1.37. The van der Waals surface area contributed by atoms with Gasteiger partial charge in [-0.25, -0.2) is 4.79 Å². The average molecular weight is 233 g/mol. The lowest BCUT2D eigenvalue weighted by Crippen LogP contribution is -2.53. The molecule has 17 heavy (non-hydrogen) atoms. The minimum atomic E-state index is -1.33. The van der Waals surface area contributed by atoms with Crippen molar-refractivity contribution < 1.29 is 14.7 Å². The van der Waals surface area contributed by atoms with Crippen LogP contribution in [0.1, 0.15) is 12.5 Å². The Balaban J connectivity index is 2.89. The Labute approximate surface area is 100.0 Å². The smallest absolute Gasteiger partial charge is 0.329 e. The second kappa shape index (κ2) is 5.30. The minimum Gasteiger partial charge on any atom is -0.480 e. The number of benzene rings is 1. The monoisotopic (exact) mass is 233 g/mol. The van der Waals surface area contributed by atoms with Gasteiger partial charge >= 0.3 is 5.97 Å². The molecule has 0 radical (unpaired) electrons. The zero-order valence-electron chi connectivity index (χ0n) is 9.64. The fraction of sp³-hybridized carbons (Fsp3) is 0.231. The van der Waals surface area contributed by atoms with E-state index in [1.54, 1.807) is 0 Å². The first-order chi connectivity index (χ1) is 7.98. The molecule has 1 rings (SSSR count). The maximum atomic E-state index is 11.2. The van der Waals surface area contributed by atoms with Crippen LogP contribution in [-0.2, 0) is 16.0 Å². The van der Waals surface area contributed by atoms with Gasteiger partial charge in [0.05, 0.1) is 0 Å². The van der Waals surface area contributed by atoms with E-state index in [1.165, 1.54) is 6.92 Å². The summed E-state index contributed by atoms with van der Waals surface area (Å²) in [5.41, 5.74) is -0.478. The van der Waals surface area contributed by atoms with E-state index in [0.717, 1.165) is 11.6 Å². The number of rotatable bonds is 5. The molecule has 0 saturated heterocycles. The van der Waals surface area contributed by atoms with Crippen LogP contribution in [0.3, 0.4) is 0 Å². The van der Waals surface area contributed by atoms with Gasteiger partial charge in [-0.2, -0.15) is 0 Å². The third kappa shape index (κ3) is 3.45. The van der Waals surface area contributed by atoms with E-state index in [2.05, 4.69) is 11.9 Å². The fourth-order valence-corrected chi connectivity index (χ4v) is 1.50. The molecule has 0 spiro atoms. The third-order valence-electron chi connectivity index (χ3n) is 2.46. The average Bonchev–Trinajstić information content (AvgIpc) is 2.29. The lowest BCUT2D eigenvalue weighted by Gasteiger charge is -2.25. The molecule has 0 unspecified atom stereocenters. The highest BCUT2D eigenvalue weighted by Gasteiger charge is 2.34. The molecule has 1 aromatic carbocycles. The Bertz CT molecular complexity index is 428. The Hall–Kier alpha value is -2.10. The van der Waals surface area contributed by atoms with E-state index in [-0.39, 0.29) is 6.42 Å². The van der Waals surface area contributed by atoms with Crippen LogP contribution >= 0.6 is 0 Å². The third-order valence-corrected chi connectivity index (χ3v) is 2.46. The van der Waals surface area contributed by atoms with Gasteiger partial charge < -0.3 is 10.4 Å². The van der Waals surface area contributed by atoms with E-state index in [9.17, 15) is 14.7 Å². The number of hydrogen-bond donors (Lipinski definition) is 2. The molecule has 1 aromatic rings. The second-order valence-electron chi connectivity index (χ2n) is 3.99. The van der Waals surface area contributed by atoms with E-state index >= 15 is 0 Å². The molecule has 4 heteroatoms. The van der Waals surface area contributed by atoms with Crippen molar-refractivity contribution in [1.29, 1.82) is 0 Å². The first-order valence-corrected chi connectivity index (χ1v) is 5.20. The topological polar surface area (TPSA) is 66.4 Å². The first-order valence-electron chi connectivity index (χ1n) is 5.20. The molecule has 0 heterocycles. The van der Waals surface area contributed by atoms with Gasteiger partial charge in [0.1, 0.15) is 5.54 Å². The maximum Gasteiger partial charge on any atom is 0.329 e. The molecule has 0 aliphatic rings. The van der Waals surface area contributed by atoms with Crippen molar-refractivity contribution in [3.63, 3.8) is 0 Å². The van der Waals surface area contributed by atoms with Crippen molar-refractivity contribution in [1.82, 2.24) is 5.32 Å². The molecule has 2 N–H and O–H groups in total. The molecule has 0 aromatic heterocycles. The van der Waals surface area contributed by atoms with Gasteiger partial charge in [-0.05, 0) is 18.6 Å². The SMILES string of the molecule is C=CC(=O)N[C@@](C)(Cc1ccccc1)C(=O)O. The lowest BCUT2D eigenvalue weighted by molar-refractivity contribution is -0.146. The first kappa shape index (κ1) is 13.0. The number of carbonyl (C=O) groups excluding carboxylic acids is 1. The number of carbonyl (C=O) groups is 2. The number of aliphatic carboxylic acids is 1. The van der Waals surface area contributed by atoms with Crippen LogP contribution in [0, 0.1) is 0 Å².